The van der Waals surface area contributed by atoms with Gasteiger partial charge in [0.1, 0.15) is 11.9 Å². The van der Waals surface area contributed by atoms with Gasteiger partial charge in [0.25, 0.3) is 0 Å². The van der Waals surface area contributed by atoms with Crippen molar-refractivity contribution in [3.63, 3.8) is 0 Å². The summed E-state index contributed by atoms with van der Waals surface area (Å²) in [5.74, 6) is 0.751. The molecule has 1 N–H and O–H groups in total. The van der Waals surface area contributed by atoms with E-state index in [0.717, 1.165) is 43.5 Å². The molecule has 3 heterocycles. The first kappa shape index (κ1) is 16.9. The molecular formula is C16H25N5O3. The van der Waals surface area contributed by atoms with E-state index in [9.17, 15) is 9.90 Å². The van der Waals surface area contributed by atoms with E-state index in [2.05, 4.69) is 21.7 Å². The highest BCUT2D eigenvalue weighted by atomic mass is 16.5. The van der Waals surface area contributed by atoms with Gasteiger partial charge in [-0.1, -0.05) is 6.92 Å². The van der Waals surface area contributed by atoms with Gasteiger partial charge in [0.15, 0.2) is 0 Å². The summed E-state index contributed by atoms with van der Waals surface area (Å²) in [6.45, 7) is 6.92. The molecule has 8 heteroatoms. The van der Waals surface area contributed by atoms with Crippen LogP contribution in [-0.2, 0) is 16.0 Å². The molecule has 8 nitrogen and oxygen atoms in total. The summed E-state index contributed by atoms with van der Waals surface area (Å²) in [6.07, 6.45) is 0.822. The van der Waals surface area contributed by atoms with Crippen LogP contribution in [0.15, 0.2) is 6.07 Å². The van der Waals surface area contributed by atoms with Gasteiger partial charge in [-0.05, 0) is 13.5 Å². The zero-order valence-corrected chi connectivity index (χ0v) is 14.3. The third-order valence-electron chi connectivity index (χ3n) is 4.67. The van der Waals surface area contributed by atoms with Crippen molar-refractivity contribution in [3.8, 4) is 0 Å². The molecule has 2 saturated heterocycles. The maximum Gasteiger partial charge on any atom is 0.322 e. The fourth-order valence-electron chi connectivity index (χ4n) is 3.07. The van der Waals surface area contributed by atoms with Crippen LogP contribution >= 0.6 is 0 Å². The summed E-state index contributed by atoms with van der Waals surface area (Å²) in [6, 6.07) is 1.47. The summed E-state index contributed by atoms with van der Waals surface area (Å²) in [5.41, 5.74) is 0.979. The van der Waals surface area contributed by atoms with Gasteiger partial charge in [-0.25, -0.2) is 4.98 Å². The molecule has 0 spiro atoms. The van der Waals surface area contributed by atoms with Crippen molar-refractivity contribution in [2.75, 3.05) is 62.8 Å². The number of carbonyl (C=O) groups is 1. The minimum absolute atomic E-state index is 0.439. The van der Waals surface area contributed by atoms with E-state index in [4.69, 9.17) is 9.72 Å². The SMILES string of the molecule is CCc1cc(N2CCN(C)[C@H](C(=O)O)C2)nc(N2CCOCC2)n1. The second-order valence-corrected chi connectivity index (χ2v) is 6.25. The predicted molar refractivity (Wildman–Crippen MR) is 90.7 cm³/mol. The monoisotopic (exact) mass is 335 g/mol. The zero-order chi connectivity index (χ0) is 17.1. The van der Waals surface area contributed by atoms with E-state index in [1.54, 1.807) is 0 Å². The highest BCUT2D eigenvalue weighted by molar-refractivity contribution is 5.74. The molecule has 0 radical (unpaired) electrons. The van der Waals surface area contributed by atoms with Gasteiger partial charge >= 0.3 is 5.97 Å². The molecule has 24 heavy (non-hydrogen) atoms. The number of carboxylic acids is 1. The number of nitrogens with zero attached hydrogens (tertiary/aromatic N) is 5. The minimum Gasteiger partial charge on any atom is -0.480 e. The van der Waals surface area contributed by atoms with Crippen molar-refractivity contribution in [2.45, 2.75) is 19.4 Å². The Morgan fingerprint density at radius 1 is 1.25 bits per heavy atom. The lowest BCUT2D eigenvalue weighted by Crippen LogP contribution is -2.55. The number of piperazine rings is 1. The van der Waals surface area contributed by atoms with E-state index in [1.165, 1.54) is 0 Å². The van der Waals surface area contributed by atoms with Crippen molar-refractivity contribution in [1.82, 2.24) is 14.9 Å². The minimum atomic E-state index is -0.791. The average Bonchev–Trinajstić information content (AvgIpc) is 2.62. The number of hydrogen-bond donors (Lipinski definition) is 1. The Morgan fingerprint density at radius 3 is 2.67 bits per heavy atom. The smallest absolute Gasteiger partial charge is 0.322 e. The van der Waals surface area contributed by atoms with Gasteiger partial charge in [0, 0.05) is 44.5 Å². The van der Waals surface area contributed by atoms with E-state index in [0.29, 0.717) is 26.3 Å². The van der Waals surface area contributed by atoms with Gasteiger partial charge in [-0.15, -0.1) is 0 Å². The second-order valence-electron chi connectivity index (χ2n) is 6.25. The van der Waals surface area contributed by atoms with Gasteiger partial charge in [0.2, 0.25) is 5.95 Å². The lowest BCUT2D eigenvalue weighted by atomic mass is 10.1. The molecule has 0 unspecified atom stereocenters. The van der Waals surface area contributed by atoms with Crippen molar-refractivity contribution in [1.29, 1.82) is 0 Å². The third-order valence-corrected chi connectivity index (χ3v) is 4.67. The molecule has 2 fully saturated rings. The molecule has 0 aliphatic carbocycles. The van der Waals surface area contributed by atoms with Crippen LogP contribution in [0.5, 0.6) is 0 Å². The number of aromatic nitrogens is 2. The lowest BCUT2D eigenvalue weighted by molar-refractivity contribution is -0.142. The van der Waals surface area contributed by atoms with Crippen LogP contribution in [0.2, 0.25) is 0 Å². The van der Waals surface area contributed by atoms with Crippen LogP contribution in [0.3, 0.4) is 0 Å². The van der Waals surface area contributed by atoms with E-state index in [1.807, 2.05) is 18.0 Å². The quantitative estimate of drug-likeness (QED) is 0.828. The molecule has 0 bridgehead atoms. The van der Waals surface area contributed by atoms with Gasteiger partial charge in [-0.2, -0.15) is 4.98 Å². The van der Waals surface area contributed by atoms with E-state index in [-0.39, 0.29) is 0 Å². The van der Waals surface area contributed by atoms with E-state index < -0.39 is 12.0 Å². The van der Waals surface area contributed by atoms with Crippen molar-refractivity contribution in [2.24, 2.45) is 0 Å². The standard InChI is InChI=1S/C16H25N5O3/c1-3-12-10-14(18-16(17-12)20-6-8-24-9-7-20)21-5-4-19(2)13(11-21)15(22)23/h10,13H,3-9,11H2,1-2H3,(H,22,23)/t13-/m0/s1. The molecule has 3 rings (SSSR count). The number of carboxylic acid groups (broad SMARTS) is 1. The topological polar surface area (TPSA) is 82.0 Å². The van der Waals surface area contributed by atoms with Crippen LogP contribution in [0, 0.1) is 0 Å². The first-order chi connectivity index (χ1) is 11.6. The number of morpholine rings is 1. The lowest BCUT2D eigenvalue weighted by Gasteiger charge is -2.38. The predicted octanol–water partition coefficient (Wildman–Crippen LogP) is 0.0806. The summed E-state index contributed by atoms with van der Waals surface area (Å²) >= 11 is 0. The molecule has 2 aliphatic rings. The van der Waals surface area contributed by atoms with Crippen LogP contribution in [0.25, 0.3) is 0 Å². The number of anilines is 2. The number of ether oxygens (including phenoxy) is 1. The van der Waals surface area contributed by atoms with E-state index >= 15 is 0 Å². The normalized spacial score (nSPS) is 22.7. The molecule has 1 aromatic rings. The molecule has 1 aromatic heterocycles. The number of hydrogen-bond acceptors (Lipinski definition) is 7. The van der Waals surface area contributed by atoms with Gasteiger partial charge in [0.05, 0.1) is 13.2 Å². The van der Waals surface area contributed by atoms with Crippen LogP contribution < -0.4 is 9.80 Å². The maximum atomic E-state index is 11.5. The van der Waals surface area contributed by atoms with Crippen molar-refractivity contribution < 1.29 is 14.6 Å². The Kier molecular flexibility index (Phi) is 5.15. The first-order valence-corrected chi connectivity index (χ1v) is 8.47. The highest BCUT2D eigenvalue weighted by Gasteiger charge is 2.31. The van der Waals surface area contributed by atoms with Crippen LogP contribution in [-0.4, -0.2) is 85.0 Å². The van der Waals surface area contributed by atoms with Crippen molar-refractivity contribution >= 4 is 17.7 Å². The molecule has 0 aromatic carbocycles. The Balaban J connectivity index is 1.85. The summed E-state index contributed by atoms with van der Waals surface area (Å²) in [4.78, 5) is 26.9. The summed E-state index contributed by atoms with van der Waals surface area (Å²) < 4.78 is 5.40. The number of likely N-dealkylation sites (N-methyl/N-ethyl adjacent to an activating group) is 1. The molecule has 0 amide bonds. The first-order valence-electron chi connectivity index (χ1n) is 8.47. The largest absolute Gasteiger partial charge is 0.480 e. The highest BCUT2D eigenvalue weighted by Crippen LogP contribution is 2.21. The number of rotatable bonds is 4. The molecule has 132 valence electrons. The average molecular weight is 335 g/mol. The molecule has 2 aliphatic heterocycles. The Hall–Kier alpha value is -1.93. The van der Waals surface area contributed by atoms with Crippen LogP contribution in [0.4, 0.5) is 11.8 Å². The molecular weight excluding hydrogens is 310 g/mol. The summed E-state index contributed by atoms with van der Waals surface area (Å²) in [7, 11) is 1.85. The van der Waals surface area contributed by atoms with Crippen molar-refractivity contribution in [3.05, 3.63) is 11.8 Å². The molecule has 0 saturated carbocycles. The fraction of sp³-hybridized carbons (Fsp3) is 0.688. The third kappa shape index (κ3) is 3.59. The van der Waals surface area contributed by atoms with Gasteiger partial charge < -0.3 is 19.6 Å². The Labute approximate surface area is 142 Å². The maximum absolute atomic E-state index is 11.5. The second kappa shape index (κ2) is 7.31. The Morgan fingerprint density at radius 2 is 2.00 bits per heavy atom. The van der Waals surface area contributed by atoms with Crippen LogP contribution in [0.1, 0.15) is 12.6 Å². The molecule has 1 atom stereocenters. The summed E-state index contributed by atoms with van der Waals surface area (Å²) in [5, 5.41) is 9.41. The zero-order valence-electron chi connectivity index (χ0n) is 14.3. The Bertz CT molecular complexity index is 591. The number of aliphatic carboxylic acids is 1. The fourth-order valence-corrected chi connectivity index (χ4v) is 3.07. The van der Waals surface area contributed by atoms with Gasteiger partial charge in [-0.3, -0.25) is 9.69 Å². The number of aryl methyl sites for hydroxylation is 1.